The predicted octanol–water partition coefficient (Wildman–Crippen LogP) is 2.56. The molecule has 1 aliphatic rings. The van der Waals surface area contributed by atoms with Gasteiger partial charge in [0.2, 0.25) is 0 Å². The predicted molar refractivity (Wildman–Crippen MR) is 65.5 cm³/mol. The molecule has 0 aliphatic heterocycles. The molecule has 1 heterocycles. The number of rotatable bonds is 3. The van der Waals surface area contributed by atoms with Crippen LogP contribution in [0.3, 0.4) is 0 Å². The van der Waals surface area contributed by atoms with E-state index in [2.05, 4.69) is 16.5 Å². The average Bonchev–Trinajstić information content (AvgIpc) is 2.61. The Hall–Kier alpha value is -0.930. The first kappa shape index (κ1) is 11.6. The van der Waals surface area contributed by atoms with Gasteiger partial charge >= 0.3 is 0 Å². The highest BCUT2D eigenvalue weighted by Gasteiger charge is 2.23. The number of nitrogens with two attached hydrogens (primary N) is 1. The van der Waals surface area contributed by atoms with Crippen LogP contribution < -0.4 is 11.3 Å². The number of hydrogen-bond acceptors (Lipinski definition) is 3. The molecule has 1 fully saturated rings. The van der Waals surface area contributed by atoms with Crippen LogP contribution in [0.2, 0.25) is 0 Å². The van der Waals surface area contributed by atoms with E-state index in [4.69, 9.17) is 5.84 Å². The third-order valence-electron chi connectivity index (χ3n) is 3.59. The maximum Gasteiger partial charge on any atom is 0.0503 e. The molecule has 3 heteroatoms. The summed E-state index contributed by atoms with van der Waals surface area (Å²) in [7, 11) is 0. The van der Waals surface area contributed by atoms with Gasteiger partial charge in [-0.25, -0.2) is 0 Å². The van der Waals surface area contributed by atoms with Gasteiger partial charge in [0.05, 0.1) is 6.04 Å². The van der Waals surface area contributed by atoms with Crippen molar-refractivity contribution in [3.05, 3.63) is 30.1 Å². The third kappa shape index (κ3) is 2.80. The van der Waals surface area contributed by atoms with Crippen LogP contribution in [0.1, 0.15) is 50.1 Å². The molecule has 3 nitrogen and oxygen atoms in total. The smallest absolute Gasteiger partial charge is 0.0503 e. The molecule has 0 aromatic carbocycles. The molecule has 1 aliphatic carbocycles. The van der Waals surface area contributed by atoms with Crippen LogP contribution in [0.15, 0.2) is 24.5 Å². The van der Waals surface area contributed by atoms with Gasteiger partial charge in [0.1, 0.15) is 0 Å². The first-order chi connectivity index (χ1) is 7.92. The van der Waals surface area contributed by atoms with Gasteiger partial charge in [-0.3, -0.25) is 16.3 Å². The summed E-state index contributed by atoms with van der Waals surface area (Å²) in [6.07, 6.45) is 11.7. The Labute approximate surface area is 97.4 Å². The molecule has 0 spiro atoms. The van der Waals surface area contributed by atoms with E-state index >= 15 is 0 Å². The van der Waals surface area contributed by atoms with Crippen molar-refractivity contribution in [1.29, 1.82) is 0 Å². The molecule has 1 aromatic heterocycles. The molecule has 1 saturated carbocycles. The second kappa shape index (κ2) is 5.97. The van der Waals surface area contributed by atoms with Crippen molar-refractivity contribution < 1.29 is 0 Å². The number of nitrogens with one attached hydrogen (secondary N) is 1. The lowest BCUT2D eigenvalue weighted by Gasteiger charge is -2.25. The van der Waals surface area contributed by atoms with E-state index < -0.39 is 0 Å². The lowest BCUT2D eigenvalue weighted by Crippen LogP contribution is -2.33. The normalized spacial score (nSPS) is 20.3. The Bertz CT molecular complexity index is 291. The number of pyridine rings is 1. The van der Waals surface area contributed by atoms with Gasteiger partial charge in [-0.15, -0.1) is 0 Å². The molecule has 16 heavy (non-hydrogen) atoms. The van der Waals surface area contributed by atoms with Crippen LogP contribution in [0, 0.1) is 5.92 Å². The molecular weight excluding hydrogens is 198 g/mol. The molecular formula is C13H21N3. The van der Waals surface area contributed by atoms with Crippen LogP contribution in [-0.2, 0) is 0 Å². The molecule has 2 rings (SSSR count). The molecule has 1 unspecified atom stereocenters. The molecule has 1 aromatic rings. The maximum absolute atomic E-state index is 5.71. The van der Waals surface area contributed by atoms with Crippen molar-refractivity contribution >= 4 is 0 Å². The van der Waals surface area contributed by atoms with Gasteiger partial charge < -0.3 is 0 Å². The molecule has 0 amide bonds. The zero-order chi connectivity index (χ0) is 11.2. The molecule has 0 radical (unpaired) electrons. The minimum atomic E-state index is 0.270. The number of hydrazine groups is 1. The van der Waals surface area contributed by atoms with E-state index in [0.29, 0.717) is 5.92 Å². The highest BCUT2D eigenvalue weighted by Crippen LogP contribution is 2.32. The van der Waals surface area contributed by atoms with Crippen molar-refractivity contribution in [3.63, 3.8) is 0 Å². The quantitative estimate of drug-likeness (QED) is 0.466. The number of nitrogens with zero attached hydrogens (tertiary/aromatic N) is 1. The topological polar surface area (TPSA) is 50.9 Å². The van der Waals surface area contributed by atoms with E-state index in [1.165, 1.54) is 44.1 Å². The third-order valence-corrected chi connectivity index (χ3v) is 3.59. The maximum atomic E-state index is 5.71. The summed E-state index contributed by atoms with van der Waals surface area (Å²) in [6, 6.07) is 4.37. The molecule has 88 valence electrons. The summed E-state index contributed by atoms with van der Waals surface area (Å²) >= 11 is 0. The van der Waals surface area contributed by atoms with E-state index in [-0.39, 0.29) is 6.04 Å². The lowest BCUT2D eigenvalue weighted by atomic mass is 9.88. The summed E-state index contributed by atoms with van der Waals surface area (Å²) in [5, 5.41) is 0. The summed E-state index contributed by atoms with van der Waals surface area (Å²) in [5.74, 6) is 6.37. The fourth-order valence-electron chi connectivity index (χ4n) is 2.71. The zero-order valence-electron chi connectivity index (χ0n) is 9.73. The summed E-state index contributed by atoms with van der Waals surface area (Å²) in [5.41, 5.74) is 4.20. The Morgan fingerprint density at radius 2 is 2.00 bits per heavy atom. The van der Waals surface area contributed by atoms with Gasteiger partial charge in [0, 0.05) is 12.4 Å². The SMILES string of the molecule is NNC(c1cccnc1)C1CCCCCC1. The minimum absolute atomic E-state index is 0.270. The first-order valence-corrected chi connectivity index (χ1v) is 6.28. The second-order valence-electron chi connectivity index (χ2n) is 4.68. The highest BCUT2D eigenvalue weighted by molar-refractivity contribution is 5.14. The van der Waals surface area contributed by atoms with Gasteiger partial charge in [-0.1, -0.05) is 31.7 Å². The van der Waals surface area contributed by atoms with Gasteiger partial charge in [-0.05, 0) is 30.4 Å². The van der Waals surface area contributed by atoms with Crippen molar-refractivity contribution in [2.75, 3.05) is 0 Å². The molecule has 1 atom stereocenters. The summed E-state index contributed by atoms with van der Waals surface area (Å²) in [4.78, 5) is 4.18. The Kier molecular flexibility index (Phi) is 4.31. The van der Waals surface area contributed by atoms with Crippen molar-refractivity contribution in [2.24, 2.45) is 11.8 Å². The Morgan fingerprint density at radius 3 is 2.56 bits per heavy atom. The van der Waals surface area contributed by atoms with Crippen molar-refractivity contribution in [3.8, 4) is 0 Å². The van der Waals surface area contributed by atoms with Crippen molar-refractivity contribution in [2.45, 2.75) is 44.6 Å². The second-order valence-corrected chi connectivity index (χ2v) is 4.68. The Balaban J connectivity index is 2.09. The van der Waals surface area contributed by atoms with Gasteiger partial charge in [0.15, 0.2) is 0 Å². The first-order valence-electron chi connectivity index (χ1n) is 6.28. The molecule has 0 bridgehead atoms. The monoisotopic (exact) mass is 219 g/mol. The summed E-state index contributed by atoms with van der Waals surface area (Å²) in [6.45, 7) is 0. The average molecular weight is 219 g/mol. The Morgan fingerprint density at radius 1 is 1.25 bits per heavy atom. The summed E-state index contributed by atoms with van der Waals surface area (Å²) < 4.78 is 0. The van der Waals surface area contributed by atoms with Crippen LogP contribution in [0.4, 0.5) is 0 Å². The number of aromatic nitrogens is 1. The number of hydrogen-bond donors (Lipinski definition) is 2. The van der Waals surface area contributed by atoms with Crippen LogP contribution in [-0.4, -0.2) is 4.98 Å². The van der Waals surface area contributed by atoms with E-state index in [1.54, 1.807) is 0 Å². The van der Waals surface area contributed by atoms with Crippen LogP contribution in [0.5, 0.6) is 0 Å². The fourth-order valence-corrected chi connectivity index (χ4v) is 2.71. The van der Waals surface area contributed by atoms with E-state index in [0.717, 1.165) is 0 Å². The van der Waals surface area contributed by atoms with Crippen LogP contribution >= 0.6 is 0 Å². The van der Waals surface area contributed by atoms with E-state index in [9.17, 15) is 0 Å². The molecule has 3 N–H and O–H groups in total. The minimum Gasteiger partial charge on any atom is -0.271 e. The van der Waals surface area contributed by atoms with Crippen molar-refractivity contribution in [1.82, 2.24) is 10.4 Å². The van der Waals surface area contributed by atoms with Gasteiger partial charge in [-0.2, -0.15) is 0 Å². The van der Waals surface area contributed by atoms with Gasteiger partial charge in [0.25, 0.3) is 0 Å². The zero-order valence-corrected chi connectivity index (χ0v) is 9.73. The largest absolute Gasteiger partial charge is 0.271 e. The fraction of sp³-hybridized carbons (Fsp3) is 0.615. The standard InChI is InChI=1S/C13H21N3/c14-16-13(12-8-5-9-15-10-12)11-6-3-1-2-4-7-11/h5,8-11,13,16H,1-4,6-7,14H2. The lowest BCUT2D eigenvalue weighted by molar-refractivity contribution is 0.328. The van der Waals surface area contributed by atoms with Crippen LogP contribution in [0.25, 0.3) is 0 Å². The molecule has 0 saturated heterocycles. The highest BCUT2D eigenvalue weighted by atomic mass is 15.2. The van der Waals surface area contributed by atoms with E-state index in [1.807, 2.05) is 18.5 Å².